The van der Waals surface area contributed by atoms with Crippen LogP contribution in [0.1, 0.15) is 61.3 Å². The summed E-state index contributed by atoms with van der Waals surface area (Å²) in [7, 11) is 1.59. The number of hydrogen-bond acceptors (Lipinski definition) is 4. The molecule has 2 heterocycles. The molecule has 1 amide bonds. The number of methoxy groups -OCH3 is 1. The predicted octanol–water partition coefficient (Wildman–Crippen LogP) is 4.70. The number of benzene rings is 1. The van der Waals surface area contributed by atoms with Crippen LogP contribution in [0.5, 0.6) is 5.75 Å². The van der Waals surface area contributed by atoms with E-state index in [1.807, 2.05) is 49.7 Å². The van der Waals surface area contributed by atoms with Crippen LogP contribution in [0.15, 0.2) is 30.5 Å². The van der Waals surface area contributed by atoms with Gasteiger partial charge in [0.2, 0.25) is 0 Å². The fourth-order valence-electron chi connectivity index (χ4n) is 3.01. The Balaban J connectivity index is 2.10. The first-order valence-corrected chi connectivity index (χ1v) is 9.16. The number of carbonyl (C=O) groups excluding carboxylic acids is 1. The van der Waals surface area contributed by atoms with Crippen molar-refractivity contribution in [3.8, 4) is 5.75 Å². The molecule has 0 radical (unpaired) electrons. The van der Waals surface area contributed by atoms with Crippen LogP contribution >= 0.6 is 0 Å². The van der Waals surface area contributed by atoms with Gasteiger partial charge in [0.1, 0.15) is 5.75 Å². The quantitative estimate of drug-likeness (QED) is 0.710. The summed E-state index contributed by atoms with van der Waals surface area (Å²) in [5, 5.41) is 8.18. The van der Waals surface area contributed by atoms with E-state index in [1.54, 1.807) is 13.3 Å². The molecule has 1 aromatic carbocycles. The SMILES string of the molecule is COc1ccc(C)cc1NC(=O)c1cc(C(C)C)nc2c1cnn2C(C)C. The third-order valence-electron chi connectivity index (χ3n) is 4.52. The maximum atomic E-state index is 13.1. The number of hydrogen-bond donors (Lipinski definition) is 1. The lowest BCUT2D eigenvalue weighted by Gasteiger charge is -2.14. The second-order valence-electron chi connectivity index (χ2n) is 7.33. The van der Waals surface area contributed by atoms with Crippen LogP contribution < -0.4 is 10.1 Å². The molecule has 0 atom stereocenters. The van der Waals surface area contributed by atoms with E-state index in [1.165, 1.54) is 0 Å². The highest BCUT2D eigenvalue weighted by molar-refractivity contribution is 6.12. The molecule has 1 N–H and O–H groups in total. The average molecular weight is 366 g/mol. The van der Waals surface area contributed by atoms with Gasteiger partial charge in [-0.05, 0) is 50.5 Å². The molecule has 3 rings (SSSR count). The maximum Gasteiger partial charge on any atom is 0.256 e. The zero-order valence-electron chi connectivity index (χ0n) is 16.7. The number of carbonyl (C=O) groups is 1. The fourth-order valence-corrected chi connectivity index (χ4v) is 3.01. The first kappa shape index (κ1) is 18.9. The van der Waals surface area contributed by atoms with E-state index >= 15 is 0 Å². The zero-order chi connectivity index (χ0) is 19.7. The third kappa shape index (κ3) is 3.65. The smallest absolute Gasteiger partial charge is 0.256 e. The van der Waals surface area contributed by atoms with E-state index in [4.69, 9.17) is 9.72 Å². The number of nitrogens with zero attached hydrogens (tertiary/aromatic N) is 3. The number of anilines is 1. The Hall–Kier alpha value is -2.89. The van der Waals surface area contributed by atoms with Gasteiger partial charge in [-0.2, -0.15) is 5.10 Å². The first-order valence-electron chi connectivity index (χ1n) is 9.16. The van der Waals surface area contributed by atoms with Crippen LogP contribution in [0.3, 0.4) is 0 Å². The number of aromatic nitrogens is 3. The van der Waals surface area contributed by atoms with Crippen LogP contribution in [0.2, 0.25) is 0 Å². The minimum atomic E-state index is -0.198. The molecule has 6 heteroatoms. The molecule has 0 aliphatic rings. The van der Waals surface area contributed by atoms with E-state index < -0.39 is 0 Å². The van der Waals surface area contributed by atoms with Crippen LogP contribution in [-0.2, 0) is 0 Å². The summed E-state index contributed by atoms with van der Waals surface area (Å²) in [6.45, 7) is 10.2. The molecule has 142 valence electrons. The Morgan fingerprint density at radius 2 is 1.93 bits per heavy atom. The lowest BCUT2D eigenvalue weighted by atomic mass is 10.0. The Morgan fingerprint density at radius 3 is 2.56 bits per heavy atom. The molecule has 0 fully saturated rings. The van der Waals surface area contributed by atoms with Gasteiger partial charge in [-0.25, -0.2) is 9.67 Å². The molecular weight excluding hydrogens is 340 g/mol. The van der Waals surface area contributed by atoms with E-state index in [0.717, 1.165) is 22.3 Å². The number of amides is 1. The largest absolute Gasteiger partial charge is 0.495 e. The second-order valence-corrected chi connectivity index (χ2v) is 7.33. The number of aryl methyl sites for hydroxylation is 1. The monoisotopic (exact) mass is 366 g/mol. The highest BCUT2D eigenvalue weighted by Crippen LogP contribution is 2.28. The lowest BCUT2D eigenvalue weighted by molar-refractivity contribution is 0.102. The van der Waals surface area contributed by atoms with E-state index in [-0.39, 0.29) is 17.9 Å². The van der Waals surface area contributed by atoms with Gasteiger partial charge < -0.3 is 10.1 Å². The average Bonchev–Trinajstić information content (AvgIpc) is 3.05. The van der Waals surface area contributed by atoms with Crippen molar-refractivity contribution in [1.29, 1.82) is 0 Å². The zero-order valence-corrected chi connectivity index (χ0v) is 16.7. The van der Waals surface area contributed by atoms with Crippen LogP contribution in [-0.4, -0.2) is 27.8 Å². The van der Waals surface area contributed by atoms with Crippen molar-refractivity contribution in [1.82, 2.24) is 14.8 Å². The maximum absolute atomic E-state index is 13.1. The topological polar surface area (TPSA) is 69.0 Å². The first-order chi connectivity index (χ1) is 12.8. The fraction of sp³-hybridized carbons (Fsp3) is 0.381. The van der Waals surface area contributed by atoms with Gasteiger partial charge >= 0.3 is 0 Å². The number of pyridine rings is 1. The normalized spacial score (nSPS) is 11.4. The van der Waals surface area contributed by atoms with Crippen LogP contribution in [0.25, 0.3) is 11.0 Å². The van der Waals surface area contributed by atoms with Gasteiger partial charge in [0, 0.05) is 11.7 Å². The Kier molecular flexibility index (Phi) is 5.17. The Morgan fingerprint density at radius 1 is 1.19 bits per heavy atom. The molecule has 0 saturated carbocycles. The van der Waals surface area contributed by atoms with Crippen molar-refractivity contribution >= 4 is 22.6 Å². The number of ether oxygens (including phenoxy) is 1. The molecule has 0 aliphatic carbocycles. The minimum Gasteiger partial charge on any atom is -0.495 e. The summed E-state index contributed by atoms with van der Waals surface area (Å²) in [6, 6.07) is 7.71. The van der Waals surface area contributed by atoms with Gasteiger partial charge in [0.15, 0.2) is 5.65 Å². The highest BCUT2D eigenvalue weighted by Gasteiger charge is 2.20. The van der Waals surface area contributed by atoms with Crippen molar-refractivity contribution in [2.45, 2.75) is 46.6 Å². The molecule has 0 unspecified atom stereocenters. The number of nitrogens with one attached hydrogen (secondary N) is 1. The Bertz CT molecular complexity index is 989. The van der Waals surface area contributed by atoms with Crippen molar-refractivity contribution in [3.05, 3.63) is 47.3 Å². The molecule has 0 spiro atoms. The van der Waals surface area contributed by atoms with Gasteiger partial charge in [-0.15, -0.1) is 0 Å². The van der Waals surface area contributed by atoms with E-state index in [0.29, 0.717) is 17.0 Å². The number of rotatable bonds is 5. The van der Waals surface area contributed by atoms with Gasteiger partial charge in [0.05, 0.1) is 29.9 Å². The van der Waals surface area contributed by atoms with Crippen molar-refractivity contribution < 1.29 is 9.53 Å². The summed E-state index contributed by atoms with van der Waals surface area (Å²) in [4.78, 5) is 17.9. The third-order valence-corrected chi connectivity index (χ3v) is 4.52. The van der Waals surface area contributed by atoms with Gasteiger partial charge in [0.25, 0.3) is 5.91 Å². The van der Waals surface area contributed by atoms with Crippen LogP contribution in [0, 0.1) is 6.92 Å². The molecule has 27 heavy (non-hydrogen) atoms. The minimum absolute atomic E-state index is 0.158. The van der Waals surface area contributed by atoms with Gasteiger partial charge in [-0.3, -0.25) is 4.79 Å². The predicted molar refractivity (Wildman–Crippen MR) is 108 cm³/mol. The standard InChI is InChI=1S/C21H26N4O2/c1-12(2)17-10-15(16-11-22-25(13(3)4)20(16)23-17)21(26)24-18-9-14(5)7-8-19(18)27-6/h7-13H,1-6H3,(H,24,26). The second kappa shape index (κ2) is 7.39. The summed E-state index contributed by atoms with van der Waals surface area (Å²) >= 11 is 0. The summed E-state index contributed by atoms with van der Waals surface area (Å²) < 4.78 is 7.23. The van der Waals surface area contributed by atoms with E-state index in [9.17, 15) is 4.79 Å². The van der Waals surface area contributed by atoms with Crippen molar-refractivity contribution in [2.24, 2.45) is 0 Å². The summed E-state index contributed by atoms with van der Waals surface area (Å²) in [6.07, 6.45) is 1.72. The molecule has 0 aliphatic heterocycles. The highest BCUT2D eigenvalue weighted by atomic mass is 16.5. The summed E-state index contributed by atoms with van der Waals surface area (Å²) in [5.41, 5.74) is 3.86. The lowest BCUT2D eigenvalue weighted by Crippen LogP contribution is -2.15. The van der Waals surface area contributed by atoms with Crippen molar-refractivity contribution in [2.75, 3.05) is 12.4 Å². The Labute approximate surface area is 159 Å². The van der Waals surface area contributed by atoms with E-state index in [2.05, 4.69) is 24.3 Å². The molecule has 0 bridgehead atoms. The number of fused-ring (bicyclic) bond motifs is 1. The molecule has 6 nitrogen and oxygen atoms in total. The van der Waals surface area contributed by atoms with Crippen molar-refractivity contribution in [3.63, 3.8) is 0 Å². The molecule has 3 aromatic rings. The molecular formula is C21H26N4O2. The molecule has 0 saturated heterocycles. The summed E-state index contributed by atoms with van der Waals surface area (Å²) in [5.74, 6) is 0.627. The molecule has 2 aromatic heterocycles. The van der Waals surface area contributed by atoms with Crippen LogP contribution in [0.4, 0.5) is 5.69 Å². The van der Waals surface area contributed by atoms with Gasteiger partial charge in [-0.1, -0.05) is 19.9 Å².